The molecule has 0 saturated heterocycles. The Hall–Kier alpha value is -3.85. The van der Waals surface area contributed by atoms with Crippen molar-refractivity contribution >= 4 is 33.3 Å². The van der Waals surface area contributed by atoms with Crippen LogP contribution in [0.4, 0.5) is 11.4 Å². The highest BCUT2D eigenvalue weighted by Gasteiger charge is 2.21. The van der Waals surface area contributed by atoms with E-state index in [4.69, 9.17) is 9.47 Å². The van der Waals surface area contributed by atoms with Gasteiger partial charge >= 0.3 is 5.97 Å². The van der Waals surface area contributed by atoms with Gasteiger partial charge in [0.25, 0.3) is 15.9 Å². The Morgan fingerprint density at radius 1 is 0.879 bits per heavy atom. The molecule has 3 aromatic carbocycles. The Balaban J connectivity index is 1.65. The third kappa shape index (κ3) is 5.89. The average Bonchev–Trinajstić information content (AvgIpc) is 2.80. The summed E-state index contributed by atoms with van der Waals surface area (Å²) in [6.45, 7) is 3.23. The molecule has 0 aromatic heterocycles. The molecule has 1 atom stereocenters. The van der Waals surface area contributed by atoms with E-state index in [-0.39, 0.29) is 10.5 Å². The number of aryl methyl sites for hydroxylation is 1. The molecule has 0 radical (unpaired) electrons. The molecule has 3 rings (SSSR count). The van der Waals surface area contributed by atoms with Crippen molar-refractivity contribution < 1.29 is 27.5 Å². The standard InChI is InChI=1S/C24H24N2O6S/c1-16-8-4-5-9-20(16)26-33(29,30)19-14-12-18(13-15-19)24(28)32-17(2)23(27)25-21-10-6-7-11-22(21)31-3/h4-15,17,26H,1-3H3,(H,25,27). The highest BCUT2D eigenvalue weighted by atomic mass is 32.2. The summed E-state index contributed by atoms with van der Waals surface area (Å²) < 4.78 is 38.2. The van der Waals surface area contributed by atoms with E-state index in [1.807, 2.05) is 6.07 Å². The first-order valence-corrected chi connectivity index (χ1v) is 11.5. The van der Waals surface area contributed by atoms with Gasteiger partial charge in [-0.15, -0.1) is 0 Å². The molecule has 0 aliphatic carbocycles. The third-order valence-corrected chi connectivity index (χ3v) is 6.19. The largest absolute Gasteiger partial charge is 0.495 e. The Morgan fingerprint density at radius 2 is 1.48 bits per heavy atom. The zero-order valence-corrected chi connectivity index (χ0v) is 19.2. The monoisotopic (exact) mass is 468 g/mol. The summed E-state index contributed by atoms with van der Waals surface area (Å²) in [4.78, 5) is 24.8. The molecule has 2 N–H and O–H groups in total. The SMILES string of the molecule is COc1ccccc1NC(=O)C(C)OC(=O)c1ccc(S(=O)(=O)Nc2ccccc2C)cc1. The number of rotatable bonds is 8. The van der Waals surface area contributed by atoms with Crippen molar-refractivity contribution in [2.45, 2.75) is 24.8 Å². The highest BCUT2D eigenvalue weighted by molar-refractivity contribution is 7.92. The zero-order chi connectivity index (χ0) is 24.0. The first-order chi connectivity index (χ1) is 15.7. The summed E-state index contributed by atoms with van der Waals surface area (Å²) in [5.74, 6) is -0.816. The lowest BCUT2D eigenvalue weighted by atomic mass is 10.2. The van der Waals surface area contributed by atoms with Gasteiger partial charge in [0.05, 0.1) is 28.9 Å². The summed E-state index contributed by atoms with van der Waals surface area (Å²) in [5, 5.41) is 2.65. The molecule has 1 amide bonds. The second kappa shape index (κ2) is 10.2. The molecule has 9 heteroatoms. The number of amides is 1. The van der Waals surface area contributed by atoms with Crippen LogP contribution in [0, 0.1) is 6.92 Å². The van der Waals surface area contributed by atoms with Crippen LogP contribution < -0.4 is 14.8 Å². The zero-order valence-electron chi connectivity index (χ0n) is 18.4. The van der Waals surface area contributed by atoms with Gasteiger partial charge in [-0.25, -0.2) is 13.2 Å². The number of anilines is 2. The predicted octanol–water partition coefficient (Wildman–Crippen LogP) is 3.99. The second-order valence-corrected chi connectivity index (χ2v) is 8.86. The molecule has 0 aliphatic rings. The van der Waals surface area contributed by atoms with Crippen molar-refractivity contribution in [1.29, 1.82) is 0 Å². The maximum Gasteiger partial charge on any atom is 0.338 e. The Kier molecular flexibility index (Phi) is 7.34. The van der Waals surface area contributed by atoms with Gasteiger partial charge in [0, 0.05) is 0 Å². The molecular formula is C24H24N2O6S. The number of benzene rings is 3. The van der Waals surface area contributed by atoms with Crippen LogP contribution in [0.5, 0.6) is 5.75 Å². The molecule has 172 valence electrons. The number of hydrogen-bond donors (Lipinski definition) is 2. The van der Waals surface area contributed by atoms with Gasteiger partial charge in [-0.2, -0.15) is 0 Å². The van der Waals surface area contributed by atoms with Crippen molar-refractivity contribution in [2.75, 3.05) is 17.1 Å². The fourth-order valence-corrected chi connectivity index (χ4v) is 4.06. The lowest BCUT2D eigenvalue weighted by molar-refractivity contribution is -0.123. The second-order valence-electron chi connectivity index (χ2n) is 7.18. The topological polar surface area (TPSA) is 111 Å². The van der Waals surface area contributed by atoms with Gasteiger partial charge in [-0.3, -0.25) is 9.52 Å². The number of methoxy groups -OCH3 is 1. The van der Waals surface area contributed by atoms with Crippen LogP contribution in [0.2, 0.25) is 0 Å². The van der Waals surface area contributed by atoms with Crippen LogP contribution in [0.3, 0.4) is 0 Å². The first kappa shape index (κ1) is 23.8. The van der Waals surface area contributed by atoms with E-state index in [0.29, 0.717) is 17.1 Å². The van der Waals surface area contributed by atoms with Gasteiger partial charge in [-0.05, 0) is 61.9 Å². The van der Waals surface area contributed by atoms with Gasteiger partial charge in [-0.1, -0.05) is 30.3 Å². The van der Waals surface area contributed by atoms with Crippen LogP contribution in [0.1, 0.15) is 22.8 Å². The Labute approximate surface area is 192 Å². The average molecular weight is 469 g/mol. The number of sulfonamides is 1. The van der Waals surface area contributed by atoms with Crippen LogP contribution in [-0.4, -0.2) is 33.5 Å². The van der Waals surface area contributed by atoms with Crippen molar-refractivity contribution in [3.05, 3.63) is 83.9 Å². The minimum absolute atomic E-state index is 0.00994. The van der Waals surface area contributed by atoms with E-state index >= 15 is 0 Å². The number of carbonyl (C=O) groups is 2. The minimum atomic E-state index is -3.83. The lowest BCUT2D eigenvalue weighted by Crippen LogP contribution is -2.30. The summed E-state index contributed by atoms with van der Waals surface area (Å²) in [6.07, 6.45) is -1.09. The molecule has 0 heterocycles. The van der Waals surface area contributed by atoms with Crippen LogP contribution in [0.25, 0.3) is 0 Å². The minimum Gasteiger partial charge on any atom is -0.495 e. The van der Waals surface area contributed by atoms with Gasteiger partial charge in [0.1, 0.15) is 5.75 Å². The highest BCUT2D eigenvalue weighted by Crippen LogP contribution is 2.23. The van der Waals surface area contributed by atoms with Crippen LogP contribution >= 0.6 is 0 Å². The van der Waals surface area contributed by atoms with Gasteiger partial charge in [0.15, 0.2) is 6.10 Å². The normalized spacial score (nSPS) is 11.8. The molecule has 1 unspecified atom stereocenters. The first-order valence-electron chi connectivity index (χ1n) is 10.0. The van der Waals surface area contributed by atoms with E-state index in [1.165, 1.54) is 38.3 Å². The number of esters is 1. The number of nitrogens with one attached hydrogen (secondary N) is 2. The number of para-hydroxylation sites is 3. The van der Waals surface area contributed by atoms with Crippen molar-refractivity contribution in [3.8, 4) is 5.75 Å². The molecule has 0 bridgehead atoms. The summed E-state index contributed by atoms with van der Waals surface area (Å²) in [7, 11) is -2.35. The fraction of sp³-hybridized carbons (Fsp3) is 0.167. The smallest absolute Gasteiger partial charge is 0.338 e. The van der Waals surface area contributed by atoms with E-state index in [9.17, 15) is 18.0 Å². The van der Waals surface area contributed by atoms with E-state index < -0.39 is 28.0 Å². The summed E-state index contributed by atoms with van der Waals surface area (Å²) >= 11 is 0. The van der Waals surface area contributed by atoms with Crippen molar-refractivity contribution in [3.63, 3.8) is 0 Å². The number of ether oxygens (including phenoxy) is 2. The van der Waals surface area contributed by atoms with Crippen LogP contribution in [-0.2, 0) is 19.6 Å². The third-order valence-electron chi connectivity index (χ3n) is 4.81. The lowest BCUT2D eigenvalue weighted by Gasteiger charge is -2.15. The molecule has 0 aliphatic heterocycles. The van der Waals surface area contributed by atoms with E-state index in [1.54, 1.807) is 49.4 Å². The maximum absolute atomic E-state index is 12.6. The quantitative estimate of drug-likeness (QED) is 0.484. The van der Waals surface area contributed by atoms with E-state index in [0.717, 1.165) is 5.56 Å². The number of hydrogen-bond acceptors (Lipinski definition) is 6. The fourth-order valence-electron chi connectivity index (χ4n) is 2.93. The Morgan fingerprint density at radius 3 is 2.12 bits per heavy atom. The molecule has 33 heavy (non-hydrogen) atoms. The summed E-state index contributed by atoms with van der Waals surface area (Å²) in [5.41, 5.74) is 1.81. The van der Waals surface area contributed by atoms with Gasteiger partial charge in [0.2, 0.25) is 0 Å². The molecule has 0 saturated carbocycles. The molecule has 8 nitrogen and oxygen atoms in total. The molecule has 3 aromatic rings. The van der Waals surface area contributed by atoms with Crippen molar-refractivity contribution in [1.82, 2.24) is 0 Å². The number of carbonyl (C=O) groups excluding carboxylic acids is 2. The molecule has 0 spiro atoms. The molecular weight excluding hydrogens is 444 g/mol. The van der Waals surface area contributed by atoms with Crippen LogP contribution in [0.15, 0.2) is 77.7 Å². The van der Waals surface area contributed by atoms with E-state index in [2.05, 4.69) is 10.0 Å². The van der Waals surface area contributed by atoms with Gasteiger partial charge < -0.3 is 14.8 Å². The predicted molar refractivity (Wildman–Crippen MR) is 125 cm³/mol. The Bertz CT molecular complexity index is 1260. The maximum atomic E-state index is 12.6. The molecule has 0 fully saturated rings. The van der Waals surface area contributed by atoms with Crippen molar-refractivity contribution in [2.24, 2.45) is 0 Å². The summed E-state index contributed by atoms with van der Waals surface area (Å²) in [6, 6.07) is 19.1.